The van der Waals surface area contributed by atoms with Gasteiger partial charge < -0.3 is 10.1 Å². The number of aryl methyl sites for hydroxylation is 1. The third-order valence-corrected chi connectivity index (χ3v) is 3.33. The maximum absolute atomic E-state index is 14.3. The number of hydrogen-bond acceptors (Lipinski definition) is 2. The molecule has 1 unspecified atom stereocenters. The maximum Gasteiger partial charge on any atom is 0.128 e. The molecule has 0 aliphatic rings. The lowest BCUT2D eigenvalue weighted by atomic mass is 9.96. The van der Waals surface area contributed by atoms with Gasteiger partial charge in [-0.1, -0.05) is 37.3 Å². The Balaban J connectivity index is 2.50. The van der Waals surface area contributed by atoms with Gasteiger partial charge >= 0.3 is 0 Å². The van der Waals surface area contributed by atoms with E-state index >= 15 is 0 Å². The minimum atomic E-state index is -0.211. The van der Waals surface area contributed by atoms with Gasteiger partial charge in [0.2, 0.25) is 0 Å². The molecule has 0 fully saturated rings. The Morgan fingerprint density at radius 1 is 1.15 bits per heavy atom. The number of para-hydroxylation sites is 1. The van der Waals surface area contributed by atoms with Crippen LogP contribution < -0.4 is 10.1 Å². The molecular weight excluding hydrogens is 253 g/mol. The van der Waals surface area contributed by atoms with Crippen LogP contribution in [0.15, 0.2) is 42.5 Å². The first-order chi connectivity index (χ1) is 9.67. The highest BCUT2D eigenvalue weighted by Gasteiger charge is 2.20. The lowest BCUT2D eigenvalue weighted by molar-refractivity contribution is 0.403. The van der Waals surface area contributed by atoms with Crippen LogP contribution >= 0.6 is 0 Å². The highest BCUT2D eigenvalue weighted by atomic mass is 19.1. The zero-order valence-corrected chi connectivity index (χ0v) is 12.1. The molecule has 0 spiro atoms. The van der Waals surface area contributed by atoms with E-state index < -0.39 is 0 Å². The molecule has 1 atom stereocenters. The SMILES string of the molecule is CCNC(c1ccc(C)cc1F)c1ccccc1OC. The molecule has 0 heterocycles. The van der Waals surface area contributed by atoms with Crippen LogP contribution in [0.25, 0.3) is 0 Å². The van der Waals surface area contributed by atoms with Gasteiger partial charge in [-0.2, -0.15) is 0 Å². The molecule has 106 valence electrons. The van der Waals surface area contributed by atoms with Crippen LogP contribution in [0.4, 0.5) is 4.39 Å². The number of nitrogens with one attached hydrogen (secondary N) is 1. The monoisotopic (exact) mass is 273 g/mol. The van der Waals surface area contributed by atoms with Gasteiger partial charge in [-0.3, -0.25) is 0 Å². The van der Waals surface area contributed by atoms with Gasteiger partial charge in [0.05, 0.1) is 13.2 Å². The molecule has 0 saturated heterocycles. The Morgan fingerprint density at radius 3 is 2.55 bits per heavy atom. The average molecular weight is 273 g/mol. The second-order valence-electron chi connectivity index (χ2n) is 4.76. The smallest absolute Gasteiger partial charge is 0.128 e. The van der Waals surface area contributed by atoms with Gasteiger partial charge in [0, 0.05) is 11.1 Å². The van der Waals surface area contributed by atoms with E-state index in [0.29, 0.717) is 5.56 Å². The van der Waals surface area contributed by atoms with E-state index in [1.807, 2.05) is 50.2 Å². The minimum Gasteiger partial charge on any atom is -0.496 e. The number of ether oxygens (including phenoxy) is 1. The van der Waals surface area contributed by atoms with E-state index in [9.17, 15) is 4.39 Å². The standard InChI is InChI=1S/C17H20FNO/c1-4-19-17(13-10-9-12(2)11-15(13)18)14-7-5-6-8-16(14)20-3/h5-11,17,19H,4H2,1-3H3. The van der Waals surface area contributed by atoms with Crippen molar-refractivity contribution in [2.75, 3.05) is 13.7 Å². The molecular formula is C17H20FNO. The first-order valence-electron chi connectivity index (χ1n) is 6.79. The highest BCUT2D eigenvalue weighted by molar-refractivity contribution is 5.42. The molecule has 1 N–H and O–H groups in total. The van der Waals surface area contributed by atoms with Crippen molar-refractivity contribution >= 4 is 0 Å². The average Bonchev–Trinajstić information content (AvgIpc) is 2.45. The van der Waals surface area contributed by atoms with Gasteiger partial charge in [0.15, 0.2) is 0 Å². The molecule has 0 bridgehead atoms. The van der Waals surface area contributed by atoms with Crippen molar-refractivity contribution < 1.29 is 9.13 Å². The normalized spacial score (nSPS) is 12.2. The summed E-state index contributed by atoms with van der Waals surface area (Å²) >= 11 is 0. The summed E-state index contributed by atoms with van der Waals surface area (Å²) in [4.78, 5) is 0. The van der Waals surface area contributed by atoms with E-state index in [0.717, 1.165) is 23.4 Å². The highest BCUT2D eigenvalue weighted by Crippen LogP contribution is 2.31. The lowest BCUT2D eigenvalue weighted by Crippen LogP contribution is -2.23. The van der Waals surface area contributed by atoms with E-state index in [1.165, 1.54) is 0 Å². The molecule has 0 amide bonds. The fourth-order valence-corrected chi connectivity index (χ4v) is 2.36. The van der Waals surface area contributed by atoms with Crippen molar-refractivity contribution in [2.45, 2.75) is 19.9 Å². The number of methoxy groups -OCH3 is 1. The van der Waals surface area contributed by atoms with Gasteiger partial charge in [-0.05, 0) is 31.2 Å². The molecule has 20 heavy (non-hydrogen) atoms. The second-order valence-corrected chi connectivity index (χ2v) is 4.76. The van der Waals surface area contributed by atoms with Crippen LogP contribution in [0.5, 0.6) is 5.75 Å². The van der Waals surface area contributed by atoms with E-state index in [-0.39, 0.29) is 11.9 Å². The van der Waals surface area contributed by atoms with Crippen LogP contribution in [0.1, 0.15) is 29.7 Å². The van der Waals surface area contributed by atoms with Crippen molar-refractivity contribution in [3.63, 3.8) is 0 Å². The first-order valence-corrected chi connectivity index (χ1v) is 6.79. The Kier molecular flexibility index (Phi) is 4.74. The molecule has 3 heteroatoms. The molecule has 0 aliphatic carbocycles. The fourth-order valence-electron chi connectivity index (χ4n) is 2.36. The Bertz CT molecular complexity index is 583. The minimum absolute atomic E-state index is 0.193. The molecule has 2 aromatic rings. The summed E-state index contributed by atoms with van der Waals surface area (Å²) in [5.74, 6) is 0.570. The summed E-state index contributed by atoms with van der Waals surface area (Å²) in [6.07, 6.45) is 0. The quantitative estimate of drug-likeness (QED) is 0.893. The summed E-state index contributed by atoms with van der Waals surface area (Å²) in [6.45, 7) is 4.64. The summed E-state index contributed by atoms with van der Waals surface area (Å²) in [6, 6.07) is 12.8. The number of rotatable bonds is 5. The summed E-state index contributed by atoms with van der Waals surface area (Å²) < 4.78 is 19.7. The van der Waals surface area contributed by atoms with Crippen LogP contribution in [0.3, 0.4) is 0 Å². The number of hydrogen-bond donors (Lipinski definition) is 1. The van der Waals surface area contributed by atoms with Gasteiger partial charge in [-0.15, -0.1) is 0 Å². The van der Waals surface area contributed by atoms with Crippen LogP contribution in [0.2, 0.25) is 0 Å². The van der Waals surface area contributed by atoms with E-state index in [1.54, 1.807) is 13.2 Å². The van der Waals surface area contributed by atoms with Gasteiger partial charge in [0.25, 0.3) is 0 Å². The molecule has 2 rings (SSSR count). The summed E-state index contributed by atoms with van der Waals surface area (Å²) in [7, 11) is 1.63. The second kappa shape index (κ2) is 6.53. The largest absolute Gasteiger partial charge is 0.496 e. The molecule has 0 aliphatic heterocycles. The Hall–Kier alpha value is -1.87. The van der Waals surface area contributed by atoms with Crippen molar-refractivity contribution in [2.24, 2.45) is 0 Å². The molecule has 2 aromatic carbocycles. The zero-order chi connectivity index (χ0) is 14.5. The zero-order valence-electron chi connectivity index (χ0n) is 12.1. The Morgan fingerprint density at radius 2 is 1.90 bits per heavy atom. The van der Waals surface area contributed by atoms with Gasteiger partial charge in [0.1, 0.15) is 11.6 Å². The van der Waals surface area contributed by atoms with Crippen molar-refractivity contribution in [3.8, 4) is 5.75 Å². The summed E-state index contributed by atoms with van der Waals surface area (Å²) in [5, 5.41) is 3.33. The molecule has 2 nitrogen and oxygen atoms in total. The van der Waals surface area contributed by atoms with E-state index in [2.05, 4.69) is 5.32 Å². The fraction of sp³-hybridized carbons (Fsp3) is 0.294. The maximum atomic E-state index is 14.3. The first kappa shape index (κ1) is 14.5. The Labute approximate surface area is 119 Å². The van der Waals surface area contributed by atoms with Crippen molar-refractivity contribution in [1.82, 2.24) is 5.32 Å². The summed E-state index contributed by atoms with van der Waals surface area (Å²) in [5.41, 5.74) is 2.50. The third-order valence-electron chi connectivity index (χ3n) is 3.33. The number of halogens is 1. The van der Waals surface area contributed by atoms with Gasteiger partial charge in [-0.25, -0.2) is 4.39 Å². The van der Waals surface area contributed by atoms with Crippen LogP contribution in [-0.4, -0.2) is 13.7 Å². The number of benzene rings is 2. The van der Waals surface area contributed by atoms with Crippen LogP contribution in [-0.2, 0) is 0 Å². The molecule has 0 radical (unpaired) electrons. The molecule has 0 saturated carbocycles. The third kappa shape index (κ3) is 2.99. The lowest BCUT2D eigenvalue weighted by Gasteiger charge is -2.22. The van der Waals surface area contributed by atoms with Crippen LogP contribution in [0, 0.1) is 12.7 Å². The van der Waals surface area contributed by atoms with E-state index in [4.69, 9.17) is 4.74 Å². The molecule has 0 aromatic heterocycles. The van der Waals surface area contributed by atoms with Crippen molar-refractivity contribution in [3.05, 3.63) is 65.0 Å². The predicted molar refractivity (Wildman–Crippen MR) is 79.7 cm³/mol. The predicted octanol–water partition coefficient (Wildman–Crippen LogP) is 3.84. The van der Waals surface area contributed by atoms with Crippen molar-refractivity contribution in [1.29, 1.82) is 0 Å². The topological polar surface area (TPSA) is 21.3 Å².